The fourth-order valence-electron chi connectivity index (χ4n) is 2.94. The second kappa shape index (κ2) is 5.63. The summed E-state index contributed by atoms with van der Waals surface area (Å²) in [6.07, 6.45) is 7.10. The predicted octanol–water partition coefficient (Wildman–Crippen LogP) is 5.47. The summed E-state index contributed by atoms with van der Waals surface area (Å²) in [6, 6.07) is 0. The summed E-state index contributed by atoms with van der Waals surface area (Å²) >= 11 is 1.63. The topological polar surface area (TPSA) is 0 Å². The van der Waals surface area contributed by atoms with Gasteiger partial charge in [-0.25, -0.2) is 0 Å². The number of allylic oxidation sites excluding steroid dienone is 8. The summed E-state index contributed by atoms with van der Waals surface area (Å²) in [7, 11) is 0. The van der Waals surface area contributed by atoms with Crippen LogP contribution in [0.4, 0.5) is 0 Å². The quantitative estimate of drug-likeness (QED) is 0.625. The van der Waals surface area contributed by atoms with Gasteiger partial charge in [0.2, 0.25) is 0 Å². The molecule has 0 radical (unpaired) electrons. The van der Waals surface area contributed by atoms with Crippen LogP contribution in [-0.2, 0) is 24.7 Å². The zero-order chi connectivity index (χ0) is 12.8. The monoisotopic (exact) mass is 339 g/mol. The van der Waals surface area contributed by atoms with Crippen LogP contribution >= 0.6 is 12.4 Å². The van der Waals surface area contributed by atoms with Crippen molar-refractivity contribution in [3.63, 3.8) is 0 Å². The van der Waals surface area contributed by atoms with Crippen LogP contribution in [-0.4, -0.2) is 0 Å². The molecule has 0 aromatic heterocycles. The summed E-state index contributed by atoms with van der Waals surface area (Å²) in [6.45, 7) is 11.5. The van der Waals surface area contributed by atoms with E-state index in [0.29, 0.717) is 3.12 Å². The maximum Gasteiger partial charge on any atom is -0.147 e. The summed E-state index contributed by atoms with van der Waals surface area (Å²) in [5.41, 5.74) is 9.35. The van der Waals surface area contributed by atoms with Gasteiger partial charge in [0.05, 0.1) is 0 Å². The van der Waals surface area contributed by atoms with Crippen molar-refractivity contribution in [1.29, 1.82) is 0 Å². The molecule has 0 aliphatic heterocycles. The molecule has 0 fully saturated rings. The van der Waals surface area contributed by atoms with Gasteiger partial charge in [-0.2, -0.15) is 0 Å². The van der Waals surface area contributed by atoms with Gasteiger partial charge in [-0.1, -0.05) is 0 Å². The number of hydrogen-bond acceptors (Lipinski definition) is 0. The molecule has 0 spiro atoms. The van der Waals surface area contributed by atoms with Crippen molar-refractivity contribution in [2.75, 3.05) is 0 Å². The third kappa shape index (κ3) is 2.54. The van der Waals surface area contributed by atoms with Crippen molar-refractivity contribution in [3.8, 4) is 0 Å². The van der Waals surface area contributed by atoms with Crippen LogP contribution in [0.2, 0.25) is 3.12 Å². The van der Waals surface area contributed by atoms with E-state index < -0.39 is 0 Å². The molecule has 0 heterocycles. The average Bonchev–Trinajstić information content (AvgIpc) is 2.75. The molecule has 0 saturated heterocycles. The molecule has 2 aliphatic rings. The Bertz CT molecular complexity index is 443. The maximum atomic E-state index is 2.43. The Kier molecular flexibility index (Phi) is 5.07. The first-order valence-corrected chi connectivity index (χ1v) is 7.58. The smallest absolute Gasteiger partial charge is 0.147 e. The van der Waals surface area contributed by atoms with Gasteiger partial charge in [0, 0.05) is 0 Å². The van der Waals surface area contributed by atoms with Crippen LogP contribution in [0.25, 0.3) is 0 Å². The largest absolute Gasteiger partial charge is 0.147 e. The summed E-state index contributed by atoms with van der Waals surface area (Å²) < 4.78 is 0.309. The van der Waals surface area contributed by atoms with E-state index in [1.807, 2.05) is 0 Å². The molecular weight excluding hydrogens is 319 g/mol. The Labute approximate surface area is 133 Å². The van der Waals surface area contributed by atoms with Gasteiger partial charge in [0.25, 0.3) is 0 Å². The fourth-order valence-corrected chi connectivity index (χ4v) is 4.36. The van der Waals surface area contributed by atoms with Crippen molar-refractivity contribution in [1.82, 2.24) is 0 Å². The first-order chi connectivity index (χ1) is 7.85. The number of hydrogen-bond donors (Lipinski definition) is 0. The third-order valence-corrected chi connectivity index (χ3v) is 6.00. The van der Waals surface area contributed by atoms with Crippen molar-refractivity contribution < 1.29 is 24.7 Å². The van der Waals surface area contributed by atoms with Crippen LogP contribution in [0.3, 0.4) is 0 Å². The molecule has 0 N–H and O–H groups in total. The standard InChI is InChI=1S/C16H21.ClH.Zr/c1-10-6-8-15(12(10)3)14(5)16-9-7-11(2)13(16)4;;/h6-7H,8-9H2,1-5H3;1H;. The van der Waals surface area contributed by atoms with E-state index in [1.54, 1.807) is 35.9 Å². The zero-order valence-corrected chi connectivity index (χ0v) is 15.3. The first-order valence-electron chi connectivity index (χ1n) is 6.35. The molecule has 0 aromatic rings. The summed E-state index contributed by atoms with van der Waals surface area (Å²) in [4.78, 5) is 0. The minimum Gasteiger partial charge on any atom is -0.147 e. The van der Waals surface area contributed by atoms with Crippen molar-refractivity contribution >= 4 is 12.4 Å². The fraction of sp³-hybridized carbons (Fsp3) is 0.500. The molecule has 2 rings (SSSR count). The Morgan fingerprint density at radius 3 is 1.44 bits per heavy atom. The van der Waals surface area contributed by atoms with Crippen LogP contribution in [0.1, 0.15) is 47.5 Å². The molecule has 0 bridgehead atoms. The minimum absolute atomic E-state index is 0. The Morgan fingerprint density at radius 1 is 0.889 bits per heavy atom. The second-order valence-electron chi connectivity index (χ2n) is 5.51. The Morgan fingerprint density at radius 2 is 1.22 bits per heavy atom. The first kappa shape index (κ1) is 16.2. The molecule has 18 heavy (non-hydrogen) atoms. The second-order valence-corrected chi connectivity index (χ2v) is 7.97. The van der Waals surface area contributed by atoms with Gasteiger partial charge in [-0.05, 0) is 0 Å². The molecule has 0 saturated carbocycles. The van der Waals surface area contributed by atoms with E-state index in [9.17, 15) is 0 Å². The van der Waals surface area contributed by atoms with Crippen LogP contribution in [0, 0.1) is 0 Å². The third-order valence-electron chi connectivity index (χ3n) is 4.52. The normalized spacial score (nSPS) is 20.0. The number of rotatable bonds is 2. The molecule has 0 aromatic carbocycles. The van der Waals surface area contributed by atoms with Gasteiger partial charge in [-0.15, -0.1) is 12.4 Å². The minimum atomic E-state index is 0. The van der Waals surface area contributed by atoms with E-state index >= 15 is 0 Å². The van der Waals surface area contributed by atoms with Crippen molar-refractivity contribution in [2.45, 2.75) is 50.6 Å². The van der Waals surface area contributed by atoms with Crippen molar-refractivity contribution in [3.05, 3.63) is 45.6 Å². The van der Waals surface area contributed by atoms with E-state index in [1.165, 1.54) is 22.3 Å². The molecule has 2 aliphatic carbocycles. The predicted molar refractivity (Wildman–Crippen MR) is 77.8 cm³/mol. The Hall–Kier alpha value is 0.133. The SMILES string of the molecule is CC1=CCC([C](C)([Zr])C2=C(C)C(C)=CC2)=C1C.Cl. The zero-order valence-electron chi connectivity index (χ0n) is 12.0. The molecule has 2 heteroatoms. The van der Waals surface area contributed by atoms with Crippen molar-refractivity contribution in [2.24, 2.45) is 0 Å². The maximum absolute atomic E-state index is 2.43. The molecule has 0 atom stereocenters. The number of halogens is 1. The molecule has 0 unspecified atom stereocenters. The summed E-state index contributed by atoms with van der Waals surface area (Å²) in [5.74, 6) is 0. The van der Waals surface area contributed by atoms with Gasteiger partial charge >= 0.3 is 121 Å². The molecule has 0 nitrogen and oxygen atoms in total. The molecule has 0 amide bonds. The van der Waals surface area contributed by atoms with E-state index in [0.717, 1.165) is 12.8 Å². The van der Waals surface area contributed by atoms with E-state index in [-0.39, 0.29) is 12.4 Å². The Balaban J connectivity index is 0.00000162. The van der Waals surface area contributed by atoms with E-state index in [2.05, 4.69) is 46.8 Å². The van der Waals surface area contributed by atoms with Gasteiger partial charge in [0.1, 0.15) is 0 Å². The van der Waals surface area contributed by atoms with E-state index in [4.69, 9.17) is 0 Å². The van der Waals surface area contributed by atoms with Gasteiger partial charge < -0.3 is 0 Å². The van der Waals surface area contributed by atoms with Gasteiger partial charge in [-0.3, -0.25) is 0 Å². The van der Waals surface area contributed by atoms with Crippen LogP contribution < -0.4 is 0 Å². The summed E-state index contributed by atoms with van der Waals surface area (Å²) in [5, 5.41) is 0. The average molecular weight is 341 g/mol. The van der Waals surface area contributed by atoms with Crippen LogP contribution in [0.5, 0.6) is 0 Å². The van der Waals surface area contributed by atoms with Crippen LogP contribution in [0.15, 0.2) is 45.6 Å². The molecule has 97 valence electrons. The molecular formula is C16H22ClZr. The van der Waals surface area contributed by atoms with Gasteiger partial charge in [0.15, 0.2) is 0 Å².